The molecule has 1 saturated carbocycles. The van der Waals surface area contributed by atoms with E-state index in [0.717, 1.165) is 37.8 Å². The standard InChI is InChI=1S/C16H28N4O.ClH/c1-12(2)10-16(6-4-5-7-16)15-18-14(19-21-15)13-11-17-8-9-20(13)3;/h12-13,17H,4-11H2,1-3H3;1H. The predicted octanol–water partition coefficient (Wildman–Crippen LogP) is 2.93. The van der Waals surface area contributed by atoms with E-state index in [0.29, 0.717) is 5.92 Å². The van der Waals surface area contributed by atoms with Crippen LogP contribution in [0.5, 0.6) is 0 Å². The van der Waals surface area contributed by atoms with Crippen LogP contribution >= 0.6 is 12.4 Å². The quantitative estimate of drug-likeness (QED) is 0.921. The summed E-state index contributed by atoms with van der Waals surface area (Å²) >= 11 is 0. The third-order valence-electron chi connectivity index (χ3n) is 5.06. The van der Waals surface area contributed by atoms with Crippen molar-refractivity contribution in [3.05, 3.63) is 11.7 Å². The van der Waals surface area contributed by atoms with Crippen LogP contribution in [0.2, 0.25) is 0 Å². The Labute approximate surface area is 139 Å². The van der Waals surface area contributed by atoms with Crippen molar-refractivity contribution >= 4 is 12.4 Å². The number of halogens is 1. The summed E-state index contributed by atoms with van der Waals surface area (Å²) in [7, 11) is 2.14. The van der Waals surface area contributed by atoms with Crippen molar-refractivity contribution in [3.63, 3.8) is 0 Å². The third-order valence-corrected chi connectivity index (χ3v) is 5.06. The summed E-state index contributed by atoms with van der Waals surface area (Å²) in [6.07, 6.45) is 6.13. The van der Waals surface area contributed by atoms with Crippen LogP contribution in [0.1, 0.15) is 63.7 Å². The Morgan fingerprint density at radius 2 is 2.09 bits per heavy atom. The maximum atomic E-state index is 5.74. The molecule has 3 rings (SSSR count). The number of hydrogen-bond donors (Lipinski definition) is 1. The molecule has 5 nitrogen and oxygen atoms in total. The summed E-state index contributed by atoms with van der Waals surface area (Å²) in [5, 5.41) is 7.74. The Balaban J connectivity index is 0.00000176. The van der Waals surface area contributed by atoms with Crippen LogP contribution in [0.25, 0.3) is 0 Å². The first kappa shape index (κ1) is 17.7. The molecule has 126 valence electrons. The molecule has 2 fully saturated rings. The summed E-state index contributed by atoms with van der Waals surface area (Å²) < 4.78 is 5.74. The van der Waals surface area contributed by atoms with Crippen LogP contribution in [-0.4, -0.2) is 41.7 Å². The average molecular weight is 329 g/mol. The first-order valence-corrected chi connectivity index (χ1v) is 8.36. The van der Waals surface area contributed by atoms with Gasteiger partial charge in [-0.3, -0.25) is 4.90 Å². The normalized spacial score (nSPS) is 25.4. The molecule has 1 aromatic heterocycles. The van der Waals surface area contributed by atoms with Crippen molar-refractivity contribution < 1.29 is 4.52 Å². The summed E-state index contributed by atoms with van der Waals surface area (Å²) in [4.78, 5) is 7.15. The lowest BCUT2D eigenvalue weighted by Crippen LogP contribution is -2.44. The molecule has 1 N–H and O–H groups in total. The Kier molecular flexibility index (Phi) is 5.86. The van der Waals surface area contributed by atoms with Crippen molar-refractivity contribution in [3.8, 4) is 0 Å². The Bertz CT molecular complexity index is 470. The van der Waals surface area contributed by atoms with Gasteiger partial charge in [-0.25, -0.2) is 0 Å². The molecule has 1 unspecified atom stereocenters. The maximum Gasteiger partial charge on any atom is 0.232 e. The maximum absolute atomic E-state index is 5.74. The Morgan fingerprint density at radius 3 is 2.73 bits per heavy atom. The van der Waals surface area contributed by atoms with Gasteiger partial charge >= 0.3 is 0 Å². The number of likely N-dealkylation sites (N-methyl/N-ethyl adjacent to an activating group) is 1. The van der Waals surface area contributed by atoms with Crippen molar-refractivity contribution in [2.45, 2.75) is 57.4 Å². The lowest BCUT2D eigenvalue weighted by Gasteiger charge is -2.30. The second kappa shape index (κ2) is 7.28. The molecule has 1 aromatic rings. The molecular weight excluding hydrogens is 300 g/mol. The zero-order chi connectivity index (χ0) is 14.9. The molecule has 2 aliphatic rings. The fraction of sp³-hybridized carbons (Fsp3) is 0.875. The van der Waals surface area contributed by atoms with E-state index in [4.69, 9.17) is 9.51 Å². The third kappa shape index (κ3) is 3.47. The minimum absolute atomic E-state index is 0. The summed E-state index contributed by atoms with van der Waals surface area (Å²) in [5.41, 5.74) is 0.139. The highest BCUT2D eigenvalue weighted by molar-refractivity contribution is 5.85. The van der Waals surface area contributed by atoms with Gasteiger partial charge in [-0.05, 0) is 32.2 Å². The fourth-order valence-corrected chi connectivity index (χ4v) is 4.02. The lowest BCUT2D eigenvalue weighted by molar-refractivity contribution is 0.189. The number of nitrogens with one attached hydrogen (secondary N) is 1. The van der Waals surface area contributed by atoms with E-state index in [1.165, 1.54) is 25.7 Å². The Hall–Kier alpha value is -0.650. The average Bonchev–Trinajstić information content (AvgIpc) is 3.08. The molecule has 0 amide bonds. The number of nitrogens with zero attached hydrogens (tertiary/aromatic N) is 3. The molecule has 0 radical (unpaired) electrons. The smallest absolute Gasteiger partial charge is 0.232 e. The van der Waals surface area contributed by atoms with E-state index in [1.807, 2.05) is 0 Å². The van der Waals surface area contributed by atoms with Crippen LogP contribution in [0.4, 0.5) is 0 Å². The van der Waals surface area contributed by atoms with Gasteiger partial charge in [0.15, 0.2) is 5.82 Å². The van der Waals surface area contributed by atoms with E-state index in [-0.39, 0.29) is 23.9 Å². The highest BCUT2D eigenvalue weighted by Crippen LogP contribution is 2.45. The minimum atomic E-state index is 0. The lowest BCUT2D eigenvalue weighted by atomic mass is 9.78. The zero-order valence-electron chi connectivity index (χ0n) is 14.0. The van der Waals surface area contributed by atoms with Gasteiger partial charge in [0.1, 0.15) is 0 Å². The van der Waals surface area contributed by atoms with Gasteiger partial charge in [0.05, 0.1) is 6.04 Å². The van der Waals surface area contributed by atoms with Crippen molar-refractivity contribution in [1.29, 1.82) is 0 Å². The fourth-order valence-electron chi connectivity index (χ4n) is 4.02. The van der Waals surface area contributed by atoms with Crippen LogP contribution in [-0.2, 0) is 5.41 Å². The summed E-state index contributed by atoms with van der Waals surface area (Å²) in [5.74, 6) is 2.41. The van der Waals surface area contributed by atoms with Crippen molar-refractivity contribution in [1.82, 2.24) is 20.4 Å². The number of rotatable bonds is 4. The molecule has 1 aliphatic carbocycles. The van der Waals surface area contributed by atoms with Crippen molar-refractivity contribution in [2.75, 3.05) is 26.7 Å². The highest BCUT2D eigenvalue weighted by Gasteiger charge is 2.41. The van der Waals surface area contributed by atoms with Gasteiger partial charge < -0.3 is 9.84 Å². The van der Waals surface area contributed by atoms with Gasteiger partial charge in [-0.15, -0.1) is 12.4 Å². The molecule has 6 heteroatoms. The van der Waals surface area contributed by atoms with E-state index in [9.17, 15) is 0 Å². The van der Waals surface area contributed by atoms with E-state index < -0.39 is 0 Å². The van der Waals surface area contributed by atoms with Crippen LogP contribution in [0.3, 0.4) is 0 Å². The van der Waals surface area contributed by atoms with E-state index in [1.54, 1.807) is 0 Å². The second-order valence-corrected chi connectivity index (χ2v) is 7.24. The summed E-state index contributed by atoms with van der Waals surface area (Å²) in [6.45, 7) is 7.56. The second-order valence-electron chi connectivity index (χ2n) is 7.24. The van der Waals surface area contributed by atoms with Crippen LogP contribution < -0.4 is 5.32 Å². The molecule has 1 aliphatic heterocycles. The van der Waals surface area contributed by atoms with E-state index >= 15 is 0 Å². The summed E-state index contributed by atoms with van der Waals surface area (Å²) in [6, 6.07) is 0.244. The van der Waals surface area contributed by atoms with E-state index in [2.05, 4.69) is 36.3 Å². The number of piperazine rings is 1. The van der Waals surface area contributed by atoms with Gasteiger partial charge in [-0.2, -0.15) is 4.98 Å². The van der Waals surface area contributed by atoms with Gasteiger partial charge in [0.2, 0.25) is 5.89 Å². The zero-order valence-corrected chi connectivity index (χ0v) is 14.8. The largest absolute Gasteiger partial charge is 0.339 e. The monoisotopic (exact) mass is 328 g/mol. The van der Waals surface area contributed by atoms with Crippen LogP contribution in [0.15, 0.2) is 4.52 Å². The molecular formula is C16H29ClN4O. The first-order valence-electron chi connectivity index (χ1n) is 8.36. The SMILES string of the molecule is CC(C)CC1(c2nc(C3CNCCN3C)no2)CCCC1.Cl. The molecule has 0 spiro atoms. The molecule has 1 saturated heterocycles. The van der Waals surface area contributed by atoms with Gasteiger partial charge in [0.25, 0.3) is 0 Å². The predicted molar refractivity (Wildman–Crippen MR) is 89.4 cm³/mol. The first-order chi connectivity index (χ1) is 10.1. The highest BCUT2D eigenvalue weighted by atomic mass is 35.5. The number of aromatic nitrogens is 2. The molecule has 1 atom stereocenters. The molecule has 22 heavy (non-hydrogen) atoms. The minimum Gasteiger partial charge on any atom is -0.339 e. The van der Waals surface area contributed by atoms with Gasteiger partial charge in [0, 0.05) is 25.0 Å². The molecule has 0 aromatic carbocycles. The molecule has 0 bridgehead atoms. The van der Waals surface area contributed by atoms with Crippen molar-refractivity contribution in [2.24, 2.45) is 5.92 Å². The van der Waals surface area contributed by atoms with Gasteiger partial charge in [-0.1, -0.05) is 31.8 Å². The molecule has 2 heterocycles. The topological polar surface area (TPSA) is 54.2 Å². The Morgan fingerprint density at radius 1 is 1.36 bits per heavy atom. The van der Waals surface area contributed by atoms with Crippen LogP contribution in [0, 0.1) is 5.92 Å². The number of hydrogen-bond acceptors (Lipinski definition) is 5.